The Labute approximate surface area is 216 Å². The van der Waals surface area contributed by atoms with Gasteiger partial charge in [0.25, 0.3) is 0 Å². The number of nitrogens with zero attached hydrogens (tertiary/aromatic N) is 1. The molecule has 0 aliphatic rings. The van der Waals surface area contributed by atoms with Crippen molar-refractivity contribution in [2.75, 3.05) is 40.6 Å². The van der Waals surface area contributed by atoms with E-state index >= 15 is 0 Å². The molecule has 3 aromatic heterocycles. The van der Waals surface area contributed by atoms with E-state index in [0.717, 1.165) is 4.90 Å². The third-order valence-electron chi connectivity index (χ3n) is 4.60. The molecule has 0 fully saturated rings. The molecule has 0 aromatic carbocycles. The van der Waals surface area contributed by atoms with Gasteiger partial charge in [0.1, 0.15) is 38.4 Å². The van der Waals surface area contributed by atoms with Crippen molar-refractivity contribution in [3.05, 3.63) is 72.5 Å². The molecule has 0 amide bonds. The summed E-state index contributed by atoms with van der Waals surface area (Å²) in [6.45, 7) is -0.781. The van der Waals surface area contributed by atoms with Crippen LogP contribution in [0.15, 0.2) is 68.4 Å². The summed E-state index contributed by atoms with van der Waals surface area (Å²) in [4.78, 5) is 35.3. The van der Waals surface area contributed by atoms with Crippen LogP contribution in [0.3, 0.4) is 0 Å². The van der Waals surface area contributed by atoms with E-state index in [1.165, 1.54) is 63.3 Å². The van der Waals surface area contributed by atoms with Crippen LogP contribution in [-0.4, -0.2) is 97.3 Å². The number of rotatable bonds is 13. The standard InChI is InChI=1S/C15H17NO8.C9H12O5/c1-16(12(17)8-23-14(19)10-4-2-6-21-10)13(18)9-24-15(20)11-5-3-7-22-11;1-12-5-7(10)6-14-9(11)8-3-2-4-13-8/h2-7,12-13,17-18H,8-9H2,1H3;2-4,7,10H,5-6H2,1H3. The van der Waals surface area contributed by atoms with Crippen LogP contribution >= 0.6 is 0 Å². The average molecular weight is 539 g/mol. The first-order valence-electron chi connectivity index (χ1n) is 11.1. The molecule has 14 nitrogen and oxygen atoms in total. The molecule has 0 aliphatic carbocycles. The Morgan fingerprint density at radius 3 is 1.39 bits per heavy atom. The summed E-state index contributed by atoms with van der Waals surface area (Å²) in [5.74, 6) is -1.97. The van der Waals surface area contributed by atoms with Gasteiger partial charge >= 0.3 is 17.9 Å². The lowest BCUT2D eigenvalue weighted by Gasteiger charge is -2.27. The molecule has 3 unspecified atom stereocenters. The Balaban J connectivity index is 0.000000308. The van der Waals surface area contributed by atoms with Gasteiger partial charge in [-0.1, -0.05) is 0 Å². The highest BCUT2D eigenvalue weighted by Crippen LogP contribution is 2.07. The number of hydrogen-bond acceptors (Lipinski definition) is 14. The van der Waals surface area contributed by atoms with Crippen LogP contribution in [0, 0.1) is 0 Å². The number of carbonyl (C=O) groups excluding carboxylic acids is 3. The number of ether oxygens (including phenoxy) is 4. The Kier molecular flexibility index (Phi) is 12.8. The van der Waals surface area contributed by atoms with E-state index in [1.807, 2.05) is 0 Å². The van der Waals surface area contributed by atoms with Crippen LogP contribution in [-0.2, 0) is 18.9 Å². The number of likely N-dealkylation sites (N-methyl/N-ethyl adjacent to an activating group) is 1. The van der Waals surface area contributed by atoms with Crippen LogP contribution in [0.4, 0.5) is 0 Å². The Bertz CT molecular complexity index is 1010. The zero-order valence-corrected chi connectivity index (χ0v) is 20.6. The first-order valence-corrected chi connectivity index (χ1v) is 11.1. The van der Waals surface area contributed by atoms with Crippen molar-refractivity contribution in [1.82, 2.24) is 4.90 Å². The average Bonchev–Trinajstić information content (AvgIpc) is 3.72. The third-order valence-corrected chi connectivity index (χ3v) is 4.60. The van der Waals surface area contributed by atoms with E-state index in [-0.39, 0.29) is 30.5 Å². The fourth-order valence-corrected chi connectivity index (χ4v) is 2.54. The Morgan fingerprint density at radius 1 is 0.711 bits per heavy atom. The molecule has 3 heterocycles. The second-order valence-corrected chi connectivity index (χ2v) is 7.46. The SMILES string of the molecule is CN(C(O)COC(=O)c1ccco1)C(O)COC(=O)c1ccco1.COCC(O)COC(=O)c1ccco1. The lowest BCUT2D eigenvalue weighted by Crippen LogP contribution is -2.45. The molecule has 208 valence electrons. The number of carbonyl (C=O) groups is 3. The van der Waals surface area contributed by atoms with Gasteiger partial charge in [0.15, 0.2) is 0 Å². The molecular weight excluding hydrogens is 510 g/mol. The Morgan fingerprint density at radius 2 is 1.08 bits per heavy atom. The minimum absolute atomic E-state index is 0.00206. The maximum absolute atomic E-state index is 11.6. The topological polar surface area (TPSA) is 191 Å². The summed E-state index contributed by atoms with van der Waals surface area (Å²) in [6.07, 6.45) is 0.593. The fraction of sp³-hybridized carbons (Fsp3) is 0.375. The lowest BCUT2D eigenvalue weighted by molar-refractivity contribution is -0.123. The minimum Gasteiger partial charge on any atom is -0.457 e. The highest BCUT2D eigenvalue weighted by molar-refractivity contribution is 5.87. The quantitative estimate of drug-likeness (QED) is 0.158. The van der Waals surface area contributed by atoms with Gasteiger partial charge in [0, 0.05) is 7.11 Å². The number of aliphatic hydroxyl groups excluding tert-OH is 3. The van der Waals surface area contributed by atoms with Crippen molar-refractivity contribution in [3.63, 3.8) is 0 Å². The summed E-state index contributed by atoms with van der Waals surface area (Å²) >= 11 is 0. The number of hydrogen-bond donors (Lipinski definition) is 3. The molecule has 0 bridgehead atoms. The van der Waals surface area contributed by atoms with Crippen LogP contribution < -0.4 is 0 Å². The van der Waals surface area contributed by atoms with Gasteiger partial charge in [-0.25, -0.2) is 14.4 Å². The van der Waals surface area contributed by atoms with Gasteiger partial charge in [-0.15, -0.1) is 0 Å². The van der Waals surface area contributed by atoms with Gasteiger partial charge in [-0.2, -0.15) is 0 Å². The van der Waals surface area contributed by atoms with E-state index < -0.39 is 49.7 Å². The monoisotopic (exact) mass is 539 g/mol. The van der Waals surface area contributed by atoms with E-state index in [1.54, 1.807) is 6.07 Å². The van der Waals surface area contributed by atoms with Crippen LogP contribution in [0.25, 0.3) is 0 Å². The highest BCUT2D eigenvalue weighted by atomic mass is 16.6. The van der Waals surface area contributed by atoms with Crippen LogP contribution in [0.1, 0.15) is 31.7 Å². The third kappa shape index (κ3) is 10.2. The maximum Gasteiger partial charge on any atom is 0.374 e. The van der Waals surface area contributed by atoms with Crippen LogP contribution in [0.5, 0.6) is 0 Å². The molecular formula is C24H29NO13. The summed E-state index contributed by atoms with van der Waals surface area (Å²) in [5.41, 5.74) is 0. The molecule has 0 saturated heterocycles. The van der Waals surface area contributed by atoms with Crippen LogP contribution in [0.2, 0.25) is 0 Å². The van der Waals surface area contributed by atoms with Gasteiger partial charge in [-0.3, -0.25) is 4.90 Å². The largest absolute Gasteiger partial charge is 0.457 e. The molecule has 3 aromatic rings. The van der Waals surface area contributed by atoms with Gasteiger partial charge in [-0.05, 0) is 43.4 Å². The first-order chi connectivity index (χ1) is 18.2. The number of esters is 3. The van der Waals surface area contributed by atoms with Crippen molar-refractivity contribution >= 4 is 17.9 Å². The van der Waals surface area contributed by atoms with Crippen molar-refractivity contribution in [2.45, 2.75) is 18.6 Å². The lowest BCUT2D eigenvalue weighted by atomic mass is 10.4. The smallest absolute Gasteiger partial charge is 0.374 e. The Hall–Kier alpha value is -3.95. The normalized spacial score (nSPS) is 13.1. The summed E-state index contributed by atoms with van der Waals surface area (Å²) in [6, 6.07) is 8.96. The molecule has 3 N–H and O–H groups in total. The molecule has 0 saturated carbocycles. The summed E-state index contributed by atoms with van der Waals surface area (Å²) < 4.78 is 33.6. The second-order valence-electron chi connectivity index (χ2n) is 7.46. The van der Waals surface area contributed by atoms with E-state index in [4.69, 9.17) is 32.6 Å². The molecule has 3 rings (SSSR count). The minimum atomic E-state index is -1.30. The maximum atomic E-state index is 11.6. The molecule has 14 heteroatoms. The number of aliphatic hydroxyl groups is 3. The predicted octanol–water partition coefficient (Wildman–Crippen LogP) is 0.899. The fourth-order valence-electron chi connectivity index (χ4n) is 2.54. The first kappa shape index (κ1) is 30.3. The van der Waals surface area contributed by atoms with Gasteiger partial charge in [0.05, 0.1) is 25.4 Å². The van der Waals surface area contributed by atoms with Crippen molar-refractivity contribution < 1.29 is 61.9 Å². The van der Waals surface area contributed by atoms with Crippen molar-refractivity contribution in [2.24, 2.45) is 0 Å². The molecule has 0 radical (unpaired) electrons. The van der Waals surface area contributed by atoms with Crippen molar-refractivity contribution in [1.29, 1.82) is 0 Å². The zero-order valence-electron chi connectivity index (χ0n) is 20.6. The number of furan rings is 3. The van der Waals surface area contributed by atoms with Gasteiger partial charge in [0.2, 0.25) is 17.3 Å². The highest BCUT2D eigenvalue weighted by Gasteiger charge is 2.23. The van der Waals surface area contributed by atoms with Crippen molar-refractivity contribution in [3.8, 4) is 0 Å². The van der Waals surface area contributed by atoms with E-state index in [9.17, 15) is 24.6 Å². The summed E-state index contributed by atoms with van der Waals surface area (Å²) in [5, 5.41) is 28.9. The zero-order chi connectivity index (χ0) is 27.9. The van der Waals surface area contributed by atoms with E-state index in [0.29, 0.717) is 0 Å². The molecule has 0 aliphatic heterocycles. The number of methoxy groups -OCH3 is 1. The van der Waals surface area contributed by atoms with E-state index in [2.05, 4.69) is 4.74 Å². The second kappa shape index (κ2) is 16.0. The molecule has 3 atom stereocenters. The molecule has 38 heavy (non-hydrogen) atoms. The molecule has 0 spiro atoms. The summed E-state index contributed by atoms with van der Waals surface area (Å²) in [7, 11) is 2.83. The van der Waals surface area contributed by atoms with Gasteiger partial charge < -0.3 is 47.5 Å². The predicted molar refractivity (Wildman–Crippen MR) is 125 cm³/mol.